The van der Waals surface area contributed by atoms with Gasteiger partial charge in [0.2, 0.25) is 5.91 Å². The lowest BCUT2D eigenvalue weighted by Gasteiger charge is -2.31. The Morgan fingerprint density at radius 3 is 2.44 bits per heavy atom. The van der Waals surface area contributed by atoms with Crippen molar-refractivity contribution in [2.24, 2.45) is 11.7 Å². The van der Waals surface area contributed by atoms with E-state index in [0.29, 0.717) is 12.5 Å². The van der Waals surface area contributed by atoms with Crippen LogP contribution < -0.4 is 5.73 Å². The first-order valence-corrected chi connectivity index (χ1v) is 5.88. The second-order valence-electron chi connectivity index (χ2n) is 4.42. The van der Waals surface area contributed by atoms with Crippen LogP contribution in [0.25, 0.3) is 0 Å². The van der Waals surface area contributed by atoms with E-state index in [0.717, 1.165) is 32.5 Å². The van der Waals surface area contributed by atoms with Gasteiger partial charge in [0.25, 0.3) is 0 Å². The van der Waals surface area contributed by atoms with E-state index >= 15 is 0 Å². The van der Waals surface area contributed by atoms with Crippen molar-refractivity contribution in [1.29, 1.82) is 0 Å². The number of hydrogen-bond acceptors (Lipinski definition) is 2. The zero-order valence-electron chi connectivity index (χ0n) is 9.51. The number of carbonyl (C=O) groups is 1. The number of nitrogens with zero attached hydrogens (tertiary/aromatic N) is 2. The molecule has 2 heterocycles. The van der Waals surface area contributed by atoms with Crippen molar-refractivity contribution in [2.45, 2.75) is 19.4 Å². The molecule has 0 bridgehead atoms. The summed E-state index contributed by atoms with van der Waals surface area (Å²) in [6.07, 6.45) is 5.94. The Bertz CT molecular complexity index is 326. The lowest BCUT2D eigenvalue weighted by Crippen LogP contribution is -2.41. The van der Waals surface area contributed by atoms with Gasteiger partial charge >= 0.3 is 0 Å². The van der Waals surface area contributed by atoms with E-state index in [-0.39, 0.29) is 5.91 Å². The summed E-state index contributed by atoms with van der Waals surface area (Å²) in [6, 6.07) is 3.88. The second kappa shape index (κ2) is 5.16. The third kappa shape index (κ3) is 2.64. The Labute approximate surface area is 96.0 Å². The molecule has 1 saturated heterocycles. The van der Waals surface area contributed by atoms with E-state index in [1.54, 1.807) is 0 Å². The quantitative estimate of drug-likeness (QED) is 0.816. The minimum Gasteiger partial charge on any atom is -0.345 e. The number of rotatable bonds is 3. The maximum Gasteiger partial charge on any atom is 0.242 e. The minimum atomic E-state index is 0.215. The summed E-state index contributed by atoms with van der Waals surface area (Å²) in [4.78, 5) is 13.9. The van der Waals surface area contributed by atoms with Gasteiger partial charge in [0, 0.05) is 25.5 Å². The van der Waals surface area contributed by atoms with Gasteiger partial charge in [0.1, 0.15) is 6.54 Å². The first-order valence-electron chi connectivity index (χ1n) is 5.88. The van der Waals surface area contributed by atoms with Crippen molar-refractivity contribution >= 4 is 5.91 Å². The first-order chi connectivity index (χ1) is 7.79. The molecule has 0 saturated carbocycles. The van der Waals surface area contributed by atoms with E-state index in [1.165, 1.54) is 0 Å². The molecule has 2 rings (SSSR count). The van der Waals surface area contributed by atoms with E-state index < -0.39 is 0 Å². The van der Waals surface area contributed by atoms with E-state index in [9.17, 15) is 4.79 Å². The van der Waals surface area contributed by atoms with Crippen molar-refractivity contribution < 1.29 is 4.79 Å². The third-order valence-electron chi connectivity index (χ3n) is 3.28. The molecule has 1 fully saturated rings. The van der Waals surface area contributed by atoms with E-state index in [4.69, 9.17) is 5.73 Å². The molecule has 1 aromatic heterocycles. The van der Waals surface area contributed by atoms with E-state index in [2.05, 4.69) is 0 Å². The fourth-order valence-corrected chi connectivity index (χ4v) is 2.15. The number of amides is 1. The van der Waals surface area contributed by atoms with Crippen LogP contribution in [-0.2, 0) is 11.3 Å². The highest BCUT2D eigenvalue weighted by Gasteiger charge is 2.21. The Kier molecular flexibility index (Phi) is 3.62. The van der Waals surface area contributed by atoms with Gasteiger partial charge < -0.3 is 15.2 Å². The van der Waals surface area contributed by atoms with Crippen LogP contribution in [0.15, 0.2) is 24.5 Å². The Morgan fingerprint density at radius 2 is 1.88 bits per heavy atom. The monoisotopic (exact) mass is 221 g/mol. The molecule has 0 unspecified atom stereocenters. The predicted molar refractivity (Wildman–Crippen MR) is 62.8 cm³/mol. The molecule has 0 aliphatic carbocycles. The molecule has 1 aliphatic rings. The fraction of sp³-hybridized carbons (Fsp3) is 0.583. The highest BCUT2D eigenvalue weighted by atomic mass is 16.2. The fourth-order valence-electron chi connectivity index (χ4n) is 2.15. The molecule has 1 amide bonds. The molecule has 0 spiro atoms. The van der Waals surface area contributed by atoms with Gasteiger partial charge in [-0.2, -0.15) is 0 Å². The molecule has 2 N–H and O–H groups in total. The number of aromatic nitrogens is 1. The zero-order chi connectivity index (χ0) is 11.4. The van der Waals surface area contributed by atoms with Crippen LogP contribution in [0, 0.1) is 5.92 Å². The van der Waals surface area contributed by atoms with Crippen LogP contribution >= 0.6 is 0 Å². The molecule has 0 radical (unpaired) electrons. The van der Waals surface area contributed by atoms with Gasteiger partial charge in [-0.3, -0.25) is 4.79 Å². The maximum absolute atomic E-state index is 11.9. The summed E-state index contributed by atoms with van der Waals surface area (Å²) in [5, 5.41) is 0. The SMILES string of the molecule is NCC1CCN(C(=O)Cn2cccc2)CC1. The summed E-state index contributed by atoms with van der Waals surface area (Å²) in [5.74, 6) is 0.822. The summed E-state index contributed by atoms with van der Waals surface area (Å²) < 4.78 is 1.91. The summed E-state index contributed by atoms with van der Waals surface area (Å²) in [6.45, 7) is 2.93. The van der Waals surface area contributed by atoms with Gasteiger partial charge in [0.15, 0.2) is 0 Å². The molecule has 0 atom stereocenters. The zero-order valence-corrected chi connectivity index (χ0v) is 9.51. The second-order valence-corrected chi connectivity index (χ2v) is 4.42. The lowest BCUT2D eigenvalue weighted by atomic mass is 9.97. The average Bonchev–Trinajstić information content (AvgIpc) is 2.82. The minimum absolute atomic E-state index is 0.215. The van der Waals surface area contributed by atoms with Gasteiger partial charge in [0.05, 0.1) is 0 Å². The smallest absolute Gasteiger partial charge is 0.242 e. The Hall–Kier alpha value is -1.29. The van der Waals surface area contributed by atoms with Crippen molar-refractivity contribution in [2.75, 3.05) is 19.6 Å². The molecule has 0 aromatic carbocycles. The summed E-state index contributed by atoms with van der Waals surface area (Å²) in [7, 11) is 0. The van der Waals surface area contributed by atoms with Gasteiger partial charge in [-0.15, -0.1) is 0 Å². The van der Waals surface area contributed by atoms with Crippen molar-refractivity contribution in [3.63, 3.8) is 0 Å². The van der Waals surface area contributed by atoms with Gasteiger partial charge in [-0.1, -0.05) is 0 Å². The molecule has 1 aromatic rings. The Morgan fingerprint density at radius 1 is 1.25 bits per heavy atom. The van der Waals surface area contributed by atoms with Crippen molar-refractivity contribution in [1.82, 2.24) is 9.47 Å². The van der Waals surface area contributed by atoms with Crippen LogP contribution in [0.4, 0.5) is 0 Å². The number of likely N-dealkylation sites (tertiary alicyclic amines) is 1. The average molecular weight is 221 g/mol. The molecule has 1 aliphatic heterocycles. The molecule has 4 nitrogen and oxygen atoms in total. The van der Waals surface area contributed by atoms with Crippen LogP contribution in [0.2, 0.25) is 0 Å². The number of nitrogens with two attached hydrogens (primary N) is 1. The standard InChI is InChI=1S/C12H19N3O/c13-9-11-3-7-15(8-4-11)12(16)10-14-5-1-2-6-14/h1-2,5-6,11H,3-4,7-10,13H2. The van der Waals surface area contributed by atoms with Crippen LogP contribution in [-0.4, -0.2) is 35.0 Å². The van der Waals surface area contributed by atoms with Crippen molar-refractivity contribution in [3.05, 3.63) is 24.5 Å². The lowest BCUT2D eigenvalue weighted by molar-refractivity contribution is -0.133. The molecule has 4 heteroatoms. The Balaban J connectivity index is 1.82. The largest absolute Gasteiger partial charge is 0.345 e. The number of hydrogen-bond donors (Lipinski definition) is 1. The first kappa shape index (κ1) is 11.2. The summed E-state index contributed by atoms with van der Waals surface area (Å²) in [5.41, 5.74) is 5.63. The number of piperidine rings is 1. The normalized spacial score (nSPS) is 17.7. The molecular formula is C12H19N3O. The topological polar surface area (TPSA) is 51.3 Å². The highest BCUT2D eigenvalue weighted by Crippen LogP contribution is 2.16. The van der Waals surface area contributed by atoms with Crippen LogP contribution in [0.3, 0.4) is 0 Å². The van der Waals surface area contributed by atoms with Crippen molar-refractivity contribution in [3.8, 4) is 0 Å². The van der Waals surface area contributed by atoms with Gasteiger partial charge in [-0.05, 0) is 37.4 Å². The molecular weight excluding hydrogens is 202 g/mol. The molecule has 88 valence electrons. The van der Waals surface area contributed by atoms with Crippen LogP contribution in [0.1, 0.15) is 12.8 Å². The molecule has 16 heavy (non-hydrogen) atoms. The van der Waals surface area contributed by atoms with E-state index in [1.807, 2.05) is 34.0 Å². The van der Waals surface area contributed by atoms with Gasteiger partial charge in [-0.25, -0.2) is 0 Å². The summed E-state index contributed by atoms with van der Waals surface area (Å²) >= 11 is 0. The number of carbonyl (C=O) groups excluding carboxylic acids is 1. The van der Waals surface area contributed by atoms with Crippen LogP contribution in [0.5, 0.6) is 0 Å². The third-order valence-corrected chi connectivity index (χ3v) is 3.28. The predicted octanol–water partition coefficient (Wildman–Crippen LogP) is 0.685. The maximum atomic E-state index is 11.9. The highest BCUT2D eigenvalue weighted by molar-refractivity contribution is 5.76.